The molecule has 0 spiro atoms. The molecule has 0 aliphatic heterocycles. The average Bonchev–Trinajstić information content (AvgIpc) is 3.03. The number of nitrogens with zero attached hydrogens (tertiary/aromatic N) is 1. The Labute approximate surface area is 153 Å². The Bertz CT molecular complexity index is 951. The van der Waals surface area contributed by atoms with Gasteiger partial charge in [0.25, 0.3) is 0 Å². The molecule has 0 saturated carbocycles. The summed E-state index contributed by atoms with van der Waals surface area (Å²) in [6.45, 7) is 1.57. The first-order valence-electron chi connectivity index (χ1n) is 7.74. The molecule has 0 fully saturated rings. The average molecular weight is 371 g/mol. The van der Waals surface area contributed by atoms with Crippen molar-refractivity contribution in [2.75, 3.05) is 18.2 Å². The van der Waals surface area contributed by atoms with Crippen molar-refractivity contribution in [1.82, 2.24) is 4.98 Å². The number of carbonyl (C=O) groups excluding carboxylic acids is 2. The molecule has 1 aromatic heterocycles. The van der Waals surface area contributed by atoms with E-state index < -0.39 is 5.97 Å². The summed E-state index contributed by atoms with van der Waals surface area (Å²) in [6.07, 6.45) is 0. The van der Waals surface area contributed by atoms with Crippen LogP contribution in [0.1, 0.15) is 22.3 Å². The molecule has 0 unspecified atom stereocenters. The predicted molar refractivity (Wildman–Crippen MR) is 100 cm³/mol. The number of esters is 1. The van der Waals surface area contributed by atoms with E-state index in [0.717, 1.165) is 15.2 Å². The summed E-state index contributed by atoms with van der Waals surface area (Å²) in [5.41, 5.74) is 7.43. The lowest BCUT2D eigenvalue weighted by Crippen LogP contribution is -2.14. The van der Waals surface area contributed by atoms with Crippen LogP contribution in [0, 0.1) is 0 Å². The van der Waals surface area contributed by atoms with Crippen molar-refractivity contribution in [3.8, 4) is 5.75 Å². The van der Waals surface area contributed by atoms with Crippen LogP contribution in [0.15, 0.2) is 36.4 Å². The SMILES string of the molecule is COC(=O)c1cc(OCc2nc3ccccc3s2)cc(N)c1NC(C)=O. The van der Waals surface area contributed by atoms with Gasteiger partial charge < -0.3 is 20.5 Å². The Morgan fingerprint density at radius 3 is 2.73 bits per heavy atom. The number of fused-ring (bicyclic) bond motifs is 1. The van der Waals surface area contributed by atoms with E-state index in [1.54, 1.807) is 6.07 Å². The summed E-state index contributed by atoms with van der Waals surface area (Å²) in [4.78, 5) is 27.9. The van der Waals surface area contributed by atoms with Crippen LogP contribution in [0.5, 0.6) is 5.75 Å². The van der Waals surface area contributed by atoms with Gasteiger partial charge in [-0.1, -0.05) is 12.1 Å². The highest BCUT2D eigenvalue weighted by Gasteiger charge is 2.18. The third-order valence-corrected chi connectivity index (χ3v) is 4.56. The van der Waals surface area contributed by atoms with Crippen molar-refractivity contribution >= 4 is 44.8 Å². The van der Waals surface area contributed by atoms with Gasteiger partial charge in [0.05, 0.1) is 34.3 Å². The Kier molecular flexibility index (Phi) is 5.04. The number of para-hydroxylation sites is 1. The molecule has 0 aliphatic rings. The van der Waals surface area contributed by atoms with E-state index in [2.05, 4.69) is 10.3 Å². The van der Waals surface area contributed by atoms with Gasteiger partial charge >= 0.3 is 5.97 Å². The maximum atomic E-state index is 12.0. The zero-order chi connectivity index (χ0) is 18.7. The predicted octanol–water partition coefficient (Wildman–Crippen LogP) is 3.20. The molecule has 1 heterocycles. The highest BCUT2D eigenvalue weighted by Crippen LogP contribution is 2.31. The van der Waals surface area contributed by atoms with Gasteiger partial charge in [-0.05, 0) is 18.2 Å². The van der Waals surface area contributed by atoms with Crippen LogP contribution in [0.25, 0.3) is 10.2 Å². The van der Waals surface area contributed by atoms with Crippen LogP contribution < -0.4 is 15.8 Å². The van der Waals surface area contributed by atoms with Crippen molar-refractivity contribution in [2.45, 2.75) is 13.5 Å². The van der Waals surface area contributed by atoms with E-state index in [4.69, 9.17) is 15.2 Å². The van der Waals surface area contributed by atoms with E-state index in [1.165, 1.54) is 31.4 Å². The first-order valence-corrected chi connectivity index (χ1v) is 8.56. The zero-order valence-corrected chi connectivity index (χ0v) is 15.1. The number of rotatable bonds is 5. The van der Waals surface area contributed by atoms with Gasteiger partial charge in [0.2, 0.25) is 5.91 Å². The van der Waals surface area contributed by atoms with Gasteiger partial charge in [-0.2, -0.15) is 0 Å². The fourth-order valence-corrected chi connectivity index (χ4v) is 3.31. The van der Waals surface area contributed by atoms with E-state index in [0.29, 0.717) is 5.75 Å². The van der Waals surface area contributed by atoms with Crippen LogP contribution in [-0.2, 0) is 16.1 Å². The monoisotopic (exact) mass is 371 g/mol. The summed E-state index contributed by atoms with van der Waals surface area (Å²) in [6, 6.07) is 10.8. The van der Waals surface area contributed by atoms with Crippen molar-refractivity contribution < 1.29 is 19.1 Å². The quantitative estimate of drug-likeness (QED) is 0.527. The molecule has 134 valence electrons. The van der Waals surface area contributed by atoms with Crippen LogP contribution >= 0.6 is 11.3 Å². The highest BCUT2D eigenvalue weighted by molar-refractivity contribution is 7.18. The van der Waals surface area contributed by atoms with E-state index in [9.17, 15) is 9.59 Å². The maximum absolute atomic E-state index is 12.0. The Balaban J connectivity index is 1.86. The van der Waals surface area contributed by atoms with E-state index in [1.807, 2.05) is 24.3 Å². The molecule has 0 atom stereocenters. The minimum Gasteiger partial charge on any atom is -0.486 e. The fraction of sp³-hybridized carbons (Fsp3) is 0.167. The van der Waals surface area contributed by atoms with Gasteiger partial charge in [0.15, 0.2) is 0 Å². The number of benzene rings is 2. The molecule has 1 amide bonds. The van der Waals surface area contributed by atoms with Crippen LogP contribution in [-0.4, -0.2) is 24.0 Å². The summed E-state index contributed by atoms with van der Waals surface area (Å²) in [5, 5.41) is 3.35. The first-order chi connectivity index (χ1) is 12.5. The largest absolute Gasteiger partial charge is 0.486 e. The smallest absolute Gasteiger partial charge is 0.340 e. The van der Waals surface area contributed by atoms with Crippen LogP contribution in [0.4, 0.5) is 11.4 Å². The molecule has 0 saturated heterocycles. The molecule has 0 aliphatic carbocycles. The van der Waals surface area contributed by atoms with Crippen LogP contribution in [0.3, 0.4) is 0 Å². The summed E-state index contributed by atoms with van der Waals surface area (Å²) >= 11 is 1.53. The number of methoxy groups -OCH3 is 1. The van der Waals surface area contributed by atoms with Gasteiger partial charge in [-0.25, -0.2) is 9.78 Å². The number of carbonyl (C=O) groups is 2. The zero-order valence-electron chi connectivity index (χ0n) is 14.2. The number of nitrogens with one attached hydrogen (secondary N) is 1. The van der Waals surface area contributed by atoms with Gasteiger partial charge in [0, 0.05) is 13.0 Å². The lowest BCUT2D eigenvalue weighted by molar-refractivity contribution is -0.114. The van der Waals surface area contributed by atoms with E-state index in [-0.39, 0.29) is 29.5 Å². The number of aromatic nitrogens is 1. The third kappa shape index (κ3) is 3.75. The minimum atomic E-state index is -0.620. The number of hydrogen-bond acceptors (Lipinski definition) is 7. The number of thiazole rings is 1. The highest BCUT2D eigenvalue weighted by atomic mass is 32.1. The van der Waals surface area contributed by atoms with Gasteiger partial charge in [-0.3, -0.25) is 4.79 Å². The summed E-state index contributed by atoms with van der Waals surface area (Å²) < 4.78 is 11.6. The van der Waals surface area contributed by atoms with E-state index >= 15 is 0 Å². The Morgan fingerprint density at radius 2 is 2.04 bits per heavy atom. The fourth-order valence-electron chi connectivity index (χ4n) is 2.43. The number of nitrogens with two attached hydrogens (primary N) is 1. The molecule has 7 nitrogen and oxygen atoms in total. The molecule has 8 heteroatoms. The molecule has 3 aromatic rings. The molecule has 3 rings (SSSR count). The van der Waals surface area contributed by atoms with Crippen molar-refractivity contribution in [1.29, 1.82) is 0 Å². The molecular formula is C18H17N3O4S. The molecule has 2 aromatic carbocycles. The second-order valence-electron chi connectivity index (χ2n) is 5.47. The summed E-state index contributed by atoms with van der Waals surface area (Å²) in [5.74, 6) is -0.577. The standard InChI is InChI=1S/C18H17N3O4S/c1-10(22)20-17-12(18(23)24-2)7-11(8-13(17)19)25-9-16-21-14-5-3-4-6-15(14)26-16/h3-8H,9,19H2,1-2H3,(H,20,22). The Morgan fingerprint density at radius 1 is 1.27 bits per heavy atom. The molecular weight excluding hydrogens is 354 g/mol. The lowest BCUT2D eigenvalue weighted by atomic mass is 10.1. The molecule has 0 bridgehead atoms. The number of anilines is 2. The second kappa shape index (κ2) is 7.40. The topological polar surface area (TPSA) is 104 Å². The molecule has 0 radical (unpaired) electrons. The maximum Gasteiger partial charge on any atom is 0.340 e. The van der Waals surface area contributed by atoms with Gasteiger partial charge in [0.1, 0.15) is 17.4 Å². The third-order valence-electron chi connectivity index (χ3n) is 3.55. The van der Waals surface area contributed by atoms with Crippen molar-refractivity contribution in [3.63, 3.8) is 0 Å². The van der Waals surface area contributed by atoms with Gasteiger partial charge in [-0.15, -0.1) is 11.3 Å². The number of hydrogen-bond donors (Lipinski definition) is 2. The normalized spacial score (nSPS) is 10.5. The van der Waals surface area contributed by atoms with Crippen molar-refractivity contribution in [3.05, 3.63) is 47.0 Å². The van der Waals surface area contributed by atoms with Crippen molar-refractivity contribution in [2.24, 2.45) is 0 Å². The molecule has 3 N–H and O–H groups in total. The minimum absolute atomic E-state index is 0.127. The lowest BCUT2D eigenvalue weighted by Gasteiger charge is -2.14. The van der Waals surface area contributed by atoms with Crippen LogP contribution in [0.2, 0.25) is 0 Å². The number of nitrogen functional groups attached to an aromatic ring is 1. The Hall–Kier alpha value is -3.13. The summed E-state index contributed by atoms with van der Waals surface area (Å²) in [7, 11) is 1.25. The molecule has 26 heavy (non-hydrogen) atoms. The first kappa shape index (κ1) is 17.7. The number of ether oxygens (including phenoxy) is 2. The second-order valence-corrected chi connectivity index (χ2v) is 6.59. The number of amides is 1.